The summed E-state index contributed by atoms with van der Waals surface area (Å²) < 4.78 is 0. The van der Waals surface area contributed by atoms with Gasteiger partial charge in [-0.15, -0.1) is 0 Å². The average Bonchev–Trinajstić information content (AvgIpc) is 3.19. The number of hydrogen-bond acceptors (Lipinski definition) is 0. The normalized spacial score (nSPS) is 12.0. The fraction of sp³-hybridized carbons (Fsp3) is 0. The lowest BCUT2D eigenvalue weighted by molar-refractivity contribution is 1.57. The van der Waals surface area contributed by atoms with E-state index in [1.807, 2.05) is 0 Å². The molecule has 0 aliphatic heterocycles. The van der Waals surface area contributed by atoms with E-state index in [9.17, 15) is 0 Å². The predicted molar refractivity (Wildman–Crippen MR) is 216 cm³/mol. The van der Waals surface area contributed by atoms with Crippen LogP contribution >= 0.6 is 0 Å². The Kier molecular flexibility index (Phi) is 5.76. The second kappa shape index (κ2) is 10.5. The van der Waals surface area contributed by atoms with Crippen molar-refractivity contribution in [1.82, 2.24) is 0 Å². The van der Waals surface area contributed by atoms with Gasteiger partial charge in [0.15, 0.2) is 0 Å². The van der Waals surface area contributed by atoms with Crippen LogP contribution in [-0.4, -0.2) is 0 Å². The van der Waals surface area contributed by atoms with E-state index in [0.29, 0.717) is 0 Å². The first-order chi connectivity index (χ1) is 24.8. The molecule has 230 valence electrons. The van der Waals surface area contributed by atoms with Crippen LogP contribution in [0.1, 0.15) is 0 Å². The molecule has 0 N–H and O–H groups in total. The van der Waals surface area contributed by atoms with E-state index in [1.54, 1.807) is 0 Å². The molecule has 0 nitrogen and oxygen atoms in total. The molecule has 0 atom stereocenters. The molecular formula is C50H30. The SMILES string of the molecule is c1ccc(-c2ccccc2-c2cc(-c3ccc4ccc5cccc6ccc3c4c56)cc(-c3ccc4ccc5cccc6ccc3c4c56)c2)cc1. The van der Waals surface area contributed by atoms with Crippen molar-refractivity contribution in [3.8, 4) is 44.5 Å². The quantitative estimate of drug-likeness (QED) is 0.170. The molecule has 0 unspecified atom stereocenters. The van der Waals surface area contributed by atoms with Gasteiger partial charge in [0.2, 0.25) is 0 Å². The van der Waals surface area contributed by atoms with E-state index in [0.717, 1.165) is 0 Å². The third-order valence-corrected chi connectivity index (χ3v) is 10.9. The highest BCUT2D eigenvalue weighted by Gasteiger charge is 2.18. The average molecular weight is 631 g/mol. The van der Waals surface area contributed by atoms with Crippen LogP contribution in [0.3, 0.4) is 0 Å². The minimum absolute atomic E-state index is 1.22. The molecule has 11 rings (SSSR count). The lowest BCUT2D eigenvalue weighted by Crippen LogP contribution is -1.92. The standard InChI is InChI=1S/C50H30/c1-2-8-31(9-3-1)41-14-4-5-15-42(41)38-28-39(43-24-20-36-18-16-32-10-6-12-34-22-26-45(43)49(36)47(32)34)30-40(29-38)44-25-21-37-19-17-33-11-7-13-35-23-27-46(44)50(37)48(33)35/h1-30H. The maximum absolute atomic E-state index is 2.42. The van der Waals surface area contributed by atoms with Crippen molar-refractivity contribution in [3.63, 3.8) is 0 Å². The fourth-order valence-corrected chi connectivity index (χ4v) is 8.67. The molecular weight excluding hydrogens is 601 g/mol. The maximum Gasteiger partial charge on any atom is -0.00206 e. The molecule has 11 aromatic carbocycles. The van der Waals surface area contributed by atoms with Crippen molar-refractivity contribution in [2.24, 2.45) is 0 Å². The van der Waals surface area contributed by atoms with Crippen molar-refractivity contribution in [3.05, 3.63) is 182 Å². The first-order valence-corrected chi connectivity index (χ1v) is 17.4. The Morgan fingerprint density at radius 3 is 1.04 bits per heavy atom. The molecule has 0 spiro atoms. The third kappa shape index (κ3) is 4.00. The second-order valence-corrected chi connectivity index (χ2v) is 13.6. The lowest BCUT2D eigenvalue weighted by atomic mass is 9.85. The molecule has 0 saturated heterocycles. The molecule has 0 heterocycles. The van der Waals surface area contributed by atoms with E-state index in [-0.39, 0.29) is 0 Å². The molecule has 0 aliphatic rings. The largest absolute Gasteiger partial charge is 0.0622 e. The summed E-state index contributed by atoms with van der Waals surface area (Å²) in [5.41, 5.74) is 9.88. The van der Waals surface area contributed by atoms with Gasteiger partial charge in [-0.05, 0) is 127 Å². The maximum atomic E-state index is 2.42. The molecule has 0 radical (unpaired) electrons. The van der Waals surface area contributed by atoms with Gasteiger partial charge in [-0.2, -0.15) is 0 Å². The summed E-state index contributed by atoms with van der Waals surface area (Å²) in [6.07, 6.45) is 0. The summed E-state index contributed by atoms with van der Waals surface area (Å²) in [5.74, 6) is 0. The highest BCUT2D eigenvalue weighted by Crippen LogP contribution is 2.45. The van der Waals surface area contributed by atoms with Gasteiger partial charge in [0.05, 0.1) is 0 Å². The van der Waals surface area contributed by atoms with Crippen molar-refractivity contribution in [2.45, 2.75) is 0 Å². The van der Waals surface area contributed by atoms with E-state index >= 15 is 0 Å². The van der Waals surface area contributed by atoms with Crippen molar-refractivity contribution < 1.29 is 0 Å². The molecule has 0 heteroatoms. The summed E-state index contributed by atoms with van der Waals surface area (Å²) >= 11 is 0. The first kappa shape index (κ1) is 27.5. The molecule has 11 aromatic rings. The Morgan fingerprint density at radius 1 is 0.200 bits per heavy atom. The molecule has 0 bridgehead atoms. The summed E-state index contributed by atoms with van der Waals surface area (Å²) in [7, 11) is 0. The lowest BCUT2D eigenvalue weighted by Gasteiger charge is -2.18. The van der Waals surface area contributed by atoms with Gasteiger partial charge in [-0.1, -0.05) is 164 Å². The molecule has 0 aliphatic carbocycles. The molecule has 50 heavy (non-hydrogen) atoms. The van der Waals surface area contributed by atoms with Crippen LogP contribution in [0.25, 0.3) is 109 Å². The Morgan fingerprint density at radius 2 is 0.560 bits per heavy atom. The van der Waals surface area contributed by atoms with Gasteiger partial charge in [0, 0.05) is 0 Å². The zero-order valence-electron chi connectivity index (χ0n) is 27.3. The Balaban J connectivity index is 1.23. The Hall–Kier alpha value is -6.50. The monoisotopic (exact) mass is 630 g/mol. The molecule has 0 amide bonds. The van der Waals surface area contributed by atoms with Gasteiger partial charge in [-0.25, -0.2) is 0 Å². The molecule has 0 saturated carbocycles. The fourth-order valence-electron chi connectivity index (χ4n) is 8.67. The van der Waals surface area contributed by atoms with Crippen LogP contribution in [0, 0.1) is 0 Å². The van der Waals surface area contributed by atoms with Crippen LogP contribution in [0.5, 0.6) is 0 Å². The van der Waals surface area contributed by atoms with E-state index in [1.165, 1.54) is 109 Å². The topological polar surface area (TPSA) is 0 Å². The summed E-state index contributed by atoms with van der Waals surface area (Å²) in [4.78, 5) is 0. The van der Waals surface area contributed by atoms with Crippen LogP contribution < -0.4 is 0 Å². The van der Waals surface area contributed by atoms with Crippen LogP contribution in [0.2, 0.25) is 0 Å². The minimum Gasteiger partial charge on any atom is -0.0622 e. The minimum atomic E-state index is 1.22. The molecule has 0 aromatic heterocycles. The van der Waals surface area contributed by atoms with Gasteiger partial charge < -0.3 is 0 Å². The van der Waals surface area contributed by atoms with Crippen molar-refractivity contribution >= 4 is 64.6 Å². The van der Waals surface area contributed by atoms with Gasteiger partial charge in [-0.3, -0.25) is 0 Å². The Bertz CT molecular complexity index is 2880. The molecule has 0 fully saturated rings. The third-order valence-electron chi connectivity index (χ3n) is 10.9. The zero-order valence-corrected chi connectivity index (χ0v) is 27.3. The van der Waals surface area contributed by atoms with E-state index in [2.05, 4.69) is 182 Å². The van der Waals surface area contributed by atoms with Gasteiger partial charge in [0.25, 0.3) is 0 Å². The smallest absolute Gasteiger partial charge is 0.00206 e. The second-order valence-electron chi connectivity index (χ2n) is 13.6. The van der Waals surface area contributed by atoms with Gasteiger partial charge in [0.1, 0.15) is 0 Å². The van der Waals surface area contributed by atoms with Crippen molar-refractivity contribution in [2.75, 3.05) is 0 Å². The zero-order chi connectivity index (χ0) is 32.8. The van der Waals surface area contributed by atoms with E-state index < -0.39 is 0 Å². The summed E-state index contributed by atoms with van der Waals surface area (Å²) in [6.45, 7) is 0. The van der Waals surface area contributed by atoms with Gasteiger partial charge >= 0.3 is 0 Å². The highest BCUT2D eigenvalue weighted by molar-refractivity contribution is 6.27. The predicted octanol–water partition coefficient (Wildman–Crippen LogP) is 14.1. The first-order valence-electron chi connectivity index (χ1n) is 17.4. The highest BCUT2D eigenvalue weighted by atomic mass is 14.2. The van der Waals surface area contributed by atoms with Crippen LogP contribution in [0.15, 0.2) is 182 Å². The van der Waals surface area contributed by atoms with Crippen molar-refractivity contribution in [1.29, 1.82) is 0 Å². The number of rotatable bonds is 4. The summed E-state index contributed by atoms with van der Waals surface area (Å²) in [6, 6.07) is 67.8. The van der Waals surface area contributed by atoms with E-state index in [4.69, 9.17) is 0 Å². The number of benzene rings is 11. The van der Waals surface area contributed by atoms with Crippen LogP contribution in [0.4, 0.5) is 0 Å². The summed E-state index contributed by atoms with van der Waals surface area (Å²) in [5, 5.41) is 15.7. The number of hydrogen-bond donors (Lipinski definition) is 0. The van der Waals surface area contributed by atoms with Crippen LogP contribution in [-0.2, 0) is 0 Å². The Labute approximate surface area is 290 Å².